The van der Waals surface area contributed by atoms with Crippen molar-refractivity contribution in [1.29, 1.82) is 0 Å². The molecule has 1 fully saturated rings. The summed E-state index contributed by atoms with van der Waals surface area (Å²) in [5, 5.41) is 41.6. The Hall–Kier alpha value is -3.77. The molecule has 1 aliphatic rings. The molecule has 1 saturated carbocycles. The molecule has 0 spiro atoms. The van der Waals surface area contributed by atoms with Crippen LogP contribution in [0.25, 0.3) is 11.0 Å². The first-order valence-corrected chi connectivity index (χ1v) is 13.0. The van der Waals surface area contributed by atoms with Crippen LogP contribution in [0.4, 0.5) is 0 Å². The predicted octanol–water partition coefficient (Wildman–Crippen LogP) is 3.00. The molecule has 0 radical (unpaired) electrons. The van der Waals surface area contributed by atoms with Crippen LogP contribution in [0, 0.1) is 12.8 Å². The van der Waals surface area contributed by atoms with E-state index in [-0.39, 0.29) is 0 Å². The molecular formula is C27H36N4O8. The number of nitrogens with one attached hydrogen (secondary N) is 1. The Bertz CT molecular complexity index is 1270. The molecule has 39 heavy (non-hydrogen) atoms. The van der Waals surface area contributed by atoms with Crippen LogP contribution in [-0.2, 0) is 33.9 Å². The number of carbonyl (C=O) groups is 3. The van der Waals surface area contributed by atoms with Crippen molar-refractivity contribution in [3.63, 3.8) is 0 Å². The average Bonchev–Trinajstić information content (AvgIpc) is 3.57. The quantitative estimate of drug-likeness (QED) is 0.225. The van der Waals surface area contributed by atoms with Gasteiger partial charge in [-0.05, 0) is 44.2 Å². The Morgan fingerprint density at radius 2 is 1.82 bits per heavy atom. The summed E-state index contributed by atoms with van der Waals surface area (Å²) in [6, 6.07) is 11.0. The first-order chi connectivity index (χ1) is 18.5. The molecule has 5 N–H and O–H groups in total. The second-order valence-electron chi connectivity index (χ2n) is 9.96. The summed E-state index contributed by atoms with van der Waals surface area (Å²) in [6.45, 7) is 6.04. The van der Waals surface area contributed by atoms with Crippen molar-refractivity contribution in [3.8, 4) is 0 Å². The van der Waals surface area contributed by atoms with Crippen molar-refractivity contribution < 1.29 is 39.3 Å². The minimum absolute atomic E-state index is 0.523. The second kappa shape index (κ2) is 13.3. The van der Waals surface area contributed by atoms with Crippen LogP contribution in [0.3, 0.4) is 0 Å². The smallest absolute Gasteiger partial charge is 0.336 e. The number of rotatable bonds is 12. The lowest BCUT2D eigenvalue weighted by Gasteiger charge is -2.20. The van der Waals surface area contributed by atoms with Gasteiger partial charge in [0.2, 0.25) is 0 Å². The maximum atomic E-state index is 10.3. The lowest BCUT2D eigenvalue weighted by atomic mass is 9.96. The second-order valence-corrected chi connectivity index (χ2v) is 9.96. The largest absolute Gasteiger partial charge is 0.481 e. The molecule has 12 nitrogen and oxygen atoms in total. The average molecular weight is 545 g/mol. The Kier molecular flexibility index (Phi) is 10.2. The van der Waals surface area contributed by atoms with E-state index in [4.69, 9.17) is 29.9 Å². The van der Waals surface area contributed by atoms with Crippen LogP contribution in [0.5, 0.6) is 0 Å². The molecule has 0 bridgehead atoms. The SMILES string of the molecule is CCCn1c(CN[C@@H]2CCC[C@H]2Cc2cc(C)no2)nc2ccccc21.O=C(O)CC(O)(CC(=O)O)C(=O)O. The van der Waals surface area contributed by atoms with Gasteiger partial charge in [-0.2, -0.15) is 0 Å². The Balaban J connectivity index is 0.000000276. The van der Waals surface area contributed by atoms with Gasteiger partial charge in [0.05, 0.1) is 36.1 Å². The molecular weight excluding hydrogens is 508 g/mol. The number of aromatic nitrogens is 3. The van der Waals surface area contributed by atoms with Crippen molar-refractivity contribution in [2.45, 2.75) is 83.5 Å². The number of para-hydroxylation sites is 2. The third-order valence-corrected chi connectivity index (χ3v) is 6.79. The maximum Gasteiger partial charge on any atom is 0.336 e. The predicted molar refractivity (Wildman–Crippen MR) is 140 cm³/mol. The number of imidazole rings is 1. The highest BCUT2D eigenvalue weighted by Crippen LogP contribution is 2.29. The Morgan fingerprint density at radius 3 is 2.41 bits per heavy atom. The van der Waals surface area contributed by atoms with Gasteiger partial charge in [0.15, 0.2) is 5.60 Å². The maximum absolute atomic E-state index is 10.3. The van der Waals surface area contributed by atoms with Crippen molar-refractivity contribution >= 4 is 28.9 Å². The van der Waals surface area contributed by atoms with Gasteiger partial charge in [-0.3, -0.25) is 9.59 Å². The third-order valence-electron chi connectivity index (χ3n) is 6.79. The van der Waals surface area contributed by atoms with E-state index in [1.807, 2.05) is 6.92 Å². The summed E-state index contributed by atoms with van der Waals surface area (Å²) in [4.78, 5) is 35.4. The summed E-state index contributed by atoms with van der Waals surface area (Å²) in [5.41, 5.74) is 0.567. The van der Waals surface area contributed by atoms with E-state index in [1.54, 1.807) is 0 Å². The van der Waals surface area contributed by atoms with Crippen LogP contribution in [0.15, 0.2) is 34.9 Å². The highest BCUT2D eigenvalue weighted by atomic mass is 16.5. The molecule has 2 atom stereocenters. The van der Waals surface area contributed by atoms with E-state index < -0.39 is 36.4 Å². The molecule has 0 saturated heterocycles. The molecule has 3 aromatic rings. The van der Waals surface area contributed by atoms with Crippen molar-refractivity contribution in [1.82, 2.24) is 20.0 Å². The number of nitrogens with zero attached hydrogens (tertiary/aromatic N) is 3. The number of aliphatic hydroxyl groups is 1. The topological polar surface area (TPSA) is 188 Å². The molecule has 1 aliphatic carbocycles. The van der Waals surface area contributed by atoms with Crippen molar-refractivity contribution in [2.75, 3.05) is 0 Å². The Labute approximate surface area is 225 Å². The summed E-state index contributed by atoms with van der Waals surface area (Å²) >= 11 is 0. The van der Waals surface area contributed by atoms with E-state index in [2.05, 4.69) is 52.3 Å². The molecule has 212 valence electrons. The Morgan fingerprint density at radius 1 is 1.13 bits per heavy atom. The fraction of sp³-hybridized carbons (Fsp3) is 0.519. The van der Waals surface area contributed by atoms with Gasteiger partial charge in [-0.15, -0.1) is 0 Å². The monoisotopic (exact) mass is 544 g/mol. The number of carboxylic acid groups (broad SMARTS) is 3. The van der Waals surface area contributed by atoms with Crippen LogP contribution in [0.1, 0.15) is 62.7 Å². The normalized spacial score (nSPS) is 17.1. The molecule has 4 rings (SSSR count). The first-order valence-electron chi connectivity index (χ1n) is 13.0. The van der Waals surface area contributed by atoms with Crippen molar-refractivity contribution in [3.05, 3.63) is 47.6 Å². The molecule has 1 aromatic carbocycles. The summed E-state index contributed by atoms with van der Waals surface area (Å²) in [7, 11) is 0. The van der Waals surface area contributed by atoms with E-state index >= 15 is 0 Å². The number of benzene rings is 1. The lowest BCUT2D eigenvalue weighted by Crippen LogP contribution is -2.42. The van der Waals surface area contributed by atoms with E-state index in [9.17, 15) is 14.4 Å². The molecule has 0 aliphatic heterocycles. The number of aryl methyl sites for hydroxylation is 2. The van der Waals surface area contributed by atoms with Crippen molar-refractivity contribution in [2.24, 2.45) is 5.92 Å². The van der Waals surface area contributed by atoms with Gasteiger partial charge in [0.1, 0.15) is 11.6 Å². The molecule has 0 unspecified atom stereocenters. The molecule has 2 heterocycles. The van der Waals surface area contributed by atoms with Gasteiger partial charge in [-0.25, -0.2) is 9.78 Å². The first kappa shape index (κ1) is 29.8. The zero-order chi connectivity index (χ0) is 28.6. The molecule has 2 aromatic heterocycles. The van der Waals surface area contributed by atoms with E-state index in [1.165, 1.54) is 24.8 Å². The minimum atomic E-state index is -2.74. The zero-order valence-electron chi connectivity index (χ0n) is 22.2. The highest BCUT2D eigenvalue weighted by Gasteiger charge is 2.40. The summed E-state index contributed by atoms with van der Waals surface area (Å²) in [5.74, 6) is -2.24. The van der Waals surface area contributed by atoms with E-state index in [0.717, 1.165) is 48.7 Å². The minimum Gasteiger partial charge on any atom is -0.481 e. The standard InChI is InChI=1S/C21H28N4O.C6H8O7/c1-3-11-25-20-10-5-4-8-19(20)23-21(25)14-22-18-9-6-7-16(18)13-17-12-15(2)24-26-17;7-3(8)1-6(13,5(11)12)2-4(9)10/h4-5,8,10,12,16,18,22H,3,6-7,9,11,13-14H2,1-2H3;13H,1-2H2,(H,7,8)(H,9,10)(H,11,12)/t16-,18+;/m0./s1. The van der Waals surface area contributed by atoms with Gasteiger partial charge >= 0.3 is 17.9 Å². The van der Waals surface area contributed by atoms with Crippen LogP contribution < -0.4 is 5.32 Å². The number of hydrogen-bond acceptors (Lipinski definition) is 8. The molecule has 0 amide bonds. The van der Waals surface area contributed by atoms with Crippen LogP contribution in [-0.4, -0.2) is 64.7 Å². The van der Waals surface area contributed by atoms with Crippen LogP contribution in [0.2, 0.25) is 0 Å². The number of carboxylic acids is 3. The summed E-state index contributed by atoms with van der Waals surface area (Å²) in [6.07, 6.45) is 3.56. The van der Waals surface area contributed by atoms with Gasteiger partial charge in [-0.1, -0.05) is 30.6 Å². The third kappa shape index (κ3) is 8.11. The number of aliphatic carboxylic acids is 3. The van der Waals surface area contributed by atoms with E-state index in [0.29, 0.717) is 12.0 Å². The number of fused-ring (bicyclic) bond motifs is 1. The van der Waals surface area contributed by atoms with Gasteiger partial charge < -0.3 is 34.8 Å². The fourth-order valence-corrected chi connectivity index (χ4v) is 4.99. The molecule has 12 heteroatoms. The van der Waals surface area contributed by atoms with Gasteiger partial charge in [0, 0.05) is 25.1 Å². The zero-order valence-corrected chi connectivity index (χ0v) is 22.2. The number of hydrogen-bond donors (Lipinski definition) is 5. The highest BCUT2D eigenvalue weighted by molar-refractivity contribution is 5.88. The van der Waals surface area contributed by atoms with Crippen LogP contribution >= 0.6 is 0 Å². The summed E-state index contributed by atoms with van der Waals surface area (Å²) < 4.78 is 7.80. The lowest BCUT2D eigenvalue weighted by molar-refractivity contribution is -0.170. The fourth-order valence-electron chi connectivity index (χ4n) is 4.99. The van der Waals surface area contributed by atoms with Gasteiger partial charge in [0.25, 0.3) is 0 Å².